The normalized spacial score (nSPS) is 47.5. The first-order valence-corrected chi connectivity index (χ1v) is 19.7. The fraction of sp³-hybridized carbons (Fsp3) is 1.00. The van der Waals surface area contributed by atoms with Crippen LogP contribution in [0.4, 0.5) is 0 Å². The van der Waals surface area contributed by atoms with Crippen molar-refractivity contribution in [3.63, 3.8) is 0 Å². The molecule has 6 N–H and O–H groups in total. The minimum atomic E-state index is -5.11. The summed E-state index contributed by atoms with van der Waals surface area (Å²) in [5.74, 6) is -0.919. The van der Waals surface area contributed by atoms with Gasteiger partial charge in [-0.25, -0.2) is 8.42 Å². The van der Waals surface area contributed by atoms with Gasteiger partial charge in [-0.1, -0.05) is 41.0 Å². The molecule has 0 aromatic heterocycles. The van der Waals surface area contributed by atoms with Crippen LogP contribution in [-0.4, -0.2) is 119 Å². The maximum atomic E-state index is 11.9. The van der Waals surface area contributed by atoms with Gasteiger partial charge in [0, 0.05) is 13.0 Å². The third-order valence-electron chi connectivity index (χ3n) is 14.1. The third-order valence-corrected chi connectivity index (χ3v) is 14.6. The van der Waals surface area contributed by atoms with Gasteiger partial charge in [-0.3, -0.25) is 4.18 Å². The molecular formula is C35H61NaO13S. The first-order chi connectivity index (χ1) is 22.9. The van der Waals surface area contributed by atoms with E-state index >= 15 is 0 Å². The van der Waals surface area contributed by atoms with Crippen LogP contribution in [0.1, 0.15) is 86.0 Å². The van der Waals surface area contributed by atoms with Crippen LogP contribution in [0, 0.1) is 58.2 Å². The smallest absolute Gasteiger partial charge is 0.726 e. The predicted octanol–water partition coefficient (Wildman–Crippen LogP) is -1.43. The predicted molar refractivity (Wildman–Crippen MR) is 175 cm³/mol. The Kier molecular flexibility index (Phi) is 14.4. The van der Waals surface area contributed by atoms with Gasteiger partial charge in [0.2, 0.25) is 10.4 Å². The van der Waals surface area contributed by atoms with Crippen LogP contribution < -0.4 is 29.6 Å². The summed E-state index contributed by atoms with van der Waals surface area (Å²) in [6, 6.07) is 0. The Hall–Kier alpha value is 0.510. The van der Waals surface area contributed by atoms with Gasteiger partial charge >= 0.3 is 29.6 Å². The molecule has 1 heterocycles. The molecule has 13 nitrogen and oxygen atoms in total. The SMILES string of the molecule is CO[C@@H]1CO[C@@H](OCC[C@H](CC[C@@H](C)C2[C@@H](O)[C@@H](O)C3[C@@H]4C[C@H](OS(=O)(=O)[O-])C5[C@@H](O)[C@@H](O)CC[C@]5(C)C4CC[C@]23C)C(C)C)[C@H](O)[C@H]1O.[Na+]. The van der Waals surface area contributed by atoms with Gasteiger partial charge in [-0.15, -0.1) is 0 Å². The minimum Gasteiger partial charge on any atom is -0.726 e. The number of rotatable bonds is 12. The third kappa shape index (κ3) is 8.21. The van der Waals surface area contributed by atoms with Crippen molar-refractivity contribution in [3.8, 4) is 0 Å². The zero-order chi connectivity index (χ0) is 36.2. The van der Waals surface area contributed by atoms with Crippen LogP contribution in [0.25, 0.3) is 0 Å². The van der Waals surface area contributed by atoms with E-state index in [1.54, 1.807) is 0 Å². The number of aliphatic hydroxyl groups excluding tert-OH is 6. The molecule has 0 aromatic carbocycles. The van der Waals surface area contributed by atoms with Crippen molar-refractivity contribution in [3.05, 3.63) is 0 Å². The van der Waals surface area contributed by atoms with Crippen LogP contribution in [0.5, 0.6) is 0 Å². The monoisotopic (exact) mass is 744 g/mol. The summed E-state index contributed by atoms with van der Waals surface area (Å²) in [4.78, 5) is 0. The number of aliphatic hydroxyl groups is 6. The Morgan fingerprint density at radius 2 is 1.50 bits per heavy atom. The number of ether oxygens (including phenoxy) is 3. The number of fused-ring (bicyclic) bond motifs is 5. The molecule has 5 rings (SSSR count). The van der Waals surface area contributed by atoms with Crippen molar-refractivity contribution >= 4 is 10.4 Å². The molecule has 18 atom stereocenters. The van der Waals surface area contributed by atoms with Gasteiger partial charge in [0.15, 0.2) is 6.29 Å². The molecule has 4 unspecified atom stereocenters. The fourth-order valence-corrected chi connectivity index (χ4v) is 12.1. The molecule has 0 aromatic rings. The molecular weight excluding hydrogens is 683 g/mol. The molecule has 4 saturated carbocycles. The maximum Gasteiger partial charge on any atom is 1.00 e. The van der Waals surface area contributed by atoms with Crippen molar-refractivity contribution in [2.75, 3.05) is 20.3 Å². The van der Waals surface area contributed by atoms with E-state index in [9.17, 15) is 43.6 Å². The number of hydrogen-bond donors (Lipinski definition) is 6. The maximum absolute atomic E-state index is 11.9. The van der Waals surface area contributed by atoms with Crippen LogP contribution in [-0.2, 0) is 28.8 Å². The summed E-state index contributed by atoms with van der Waals surface area (Å²) in [5, 5.41) is 65.8. The average molecular weight is 745 g/mol. The second-order valence-electron chi connectivity index (χ2n) is 16.9. The second-order valence-corrected chi connectivity index (χ2v) is 17.9. The largest absolute Gasteiger partial charge is 1.00 e. The molecule has 0 amide bonds. The van der Waals surface area contributed by atoms with E-state index in [1.165, 1.54) is 7.11 Å². The van der Waals surface area contributed by atoms with Gasteiger partial charge in [-0.2, -0.15) is 0 Å². The number of methoxy groups -OCH3 is 1. The fourth-order valence-electron chi connectivity index (χ4n) is 11.6. The van der Waals surface area contributed by atoms with E-state index < -0.39 is 82.3 Å². The molecule has 5 fully saturated rings. The Labute approximate surface area is 320 Å². The standard InChI is InChI=1S/C35H62O13S.Na/c1-17(2)19(11-14-46-33-32(41)29(38)24(45-6)16-47-33)8-7-18(3)25-30(39)31(40)26-20-15-23(48-49(42,43)44)27-28(37)22(36)10-13-34(27,4)21(20)9-12-35(25,26)5;/h17-33,36-41H,7-16H2,1-6H3,(H,42,43,44);/q;+1/p-1/t18-,19+,20-,21?,22+,23+,24-,25?,26?,27?,28+,29+,30-,31+,32-,33-,34-,35-;/m1./s1. The molecule has 0 spiro atoms. The molecule has 1 aliphatic heterocycles. The van der Waals surface area contributed by atoms with Gasteiger partial charge in [0.05, 0.1) is 43.7 Å². The summed E-state index contributed by atoms with van der Waals surface area (Å²) >= 11 is 0. The zero-order valence-electron chi connectivity index (χ0n) is 30.8. The van der Waals surface area contributed by atoms with Crippen molar-refractivity contribution < 1.29 is 91.6 Å². The van der Waals surface area contributed by atoms with Crippen molar-refractivity contribution in [1.29, 1.82) is 0 Å². The molecule has 286 valence electrons. The Morgan fingerprint density at radius 3 is 2.12 bits per heavy atom. The van der Waals surface area contributed by atoms with Crippen molar-refractivity contribution in [1.82, 2.24) is 0 Å². The van der Waals surface area contributed by atoms with E-state index in [-0.39, 0.29) is 78.1 Å². The minimum absolute atomic E-state index is 0. The van der Waals surface area contributed by atoms with E-state index in [0.717, 1.165) is 25.7 Å². The van der Waals surface area contributed by atoms with Crippen LogP contribution in [0.15, 0.2) is 0 Å². The Balaban J connectivity index is 0.00000562. The van der Waals surface area contributed by atoms with Gasteiger partial charge in [-0.05, 0) is 97.2 Å². The van der Waals surface area contributed by atoms with E-state index in [0.29, 0.717) is 31.8 Å². The molecule has 1 saturated heterocycles. The van der Waals surface area contributed by atoms with Crippen molar-refractivity contribution in [2.24, 2.45) is 58.2 Å². The summed E-state index contributed by atoms with van der Waals surface area (Å²) in [5.41, 5.74) is -1.08. The van der Waals surface area contributed by atoms with E-state index in [2.05, 4.69) is 27.7 Å². The van der Waals surface area contributed by atoms with Crippen LogP contribution >= 0.6 is 0 Å². The van der Waals surface area contributed by atoms with Gasteiger partial charge in [0.1, 0.15) is 18.3 Å². The van der Waals surface area contributed by atoms with Crippen LogP contribution in [0.3, 0.4) is 0 Å². The summed E-state index contributed by atoms with van der Waals surface area (Å²) < 4.78 is 57.4. The molecule has 50 heavy (non-hydrogen) atoms. The molecule has 5 aliphatic rings. The molecule has 4 aliphatic carbocycles. The van der Waals surface area contributed by atoms with Gasteiger partial charge < -0.3 is 49.4 Å². The summed E-state index contributed by atoms with van der Waals surface area (Å²) in [6.07, 6.45) is -4.43. The Morgan fingerprint density at radius 1 is 0.840 bits per heavy atom. The topological polar surface area (TPSA) is 215 Å². The van der Waals surface area contributed by atoms with Crippen LogP contribution in [0.2, 0.25) is 0 Å². The molecule has 0 bridgehead atoms. The van der Waals surface area contributed by atoms with E-state index in [4.69, 9.17) is 18.4 Å². The Bertz CT molecular complexity index is 1230. The quantitative estimate of drug-likeness (QED) is 0.0769. The summed E-state index contributed by atoms with van der Waals surface area (Å²) in [6.45, 7) is 11.0. The van der Waals surface area contributed by atoms with Gasteiger partial charge in [0.25, 0.3) is 0 Å². The zero-order valence-corrected chi connectivity index (χ0v) is 33.7. The molecule has 0 radical (unpaired) electrons. The molecule has 15 heteroatoms. The number of hydrogen-bond acceptors (Lipinski definition) is 13. The average Bonchev–Trinajstić information content (AvgIpc) is 3.22. The van der Waals surface area contributed by atoms with E-state index in [1.807, 2.05) is 6.92 Å². The summed E-state index contributed by atoms with van der Waals surface area (Å²) in [7, 11) is -3.66. The first kappa shape index (κ1) is 43.2. The van der Waals surface area contributed by atoms with Crippen molar-refractivity contribution in [2.45, 2.75) is 141 Å². The first-order valence-electron chi connectivity index (χ1n) is 18.3. The second kappa shape index (κ2) is 16.7.